The summed E-state index contributed by atoms with van der Waals surface area (Å²) in [5, 5.41) is 0. The summed E-state index contributed by atoms with van der Waals surface area (Å²) in [4.78, 5) is 17.0. The molecule has 1 fully saturated rings. The Morgan fingerprint density at radius 1 is 1.20 bits per heavy atom. The first-order chi connectivity index (χ1) is 9.61. The fraction of sp³-hybridized carbons (Fsp3) is 0.588. The Labute approximate surface area is 122 Å². The largest absolute Gasteiger partial charge is 0.336 e. The monoisotopic (exact) mass is 274 g/mol. The number of piperazine rings is 1. The maximum Gasteiger partial charge on any atom is 0.253 e. The van der Waals surface area contributed by atoms with Gasteiger partial charge in [-0.05, 0) is 38.0 Å². The molecule has 2 rings (SSSR count). The molecule has 1 amide bonds. The van der Waals surface area contributed by atoms with Crippen LogP contribution >= 0.6 is 0 Å². The normalized spacial score (nSPS) is 16.7. The Kier molecular flexibility index (Phi) is 5.18. The van der Waals surface area contributed by atoms with Crippen molar-refractivity contribution in [2.45, 2.75) is 39.7 Å². The van der Waals surface area contributed by atoms with E-state index in [2.05, 4.69) is 37.8 Å². The van der Waals surface area contributed by atoms with E-state index in [1.54, 1.807) is 0 Å². The molecule has 0 saturated carbocycles. The van der Waals surface area contributed by atoms with Crippen molar-refractivity contribution in [3.8, 4) is 0 Å². The zero-order chi connectivity index (χ0) is 14.5. The number of carbonyl (C=O) groups excluding carboxylic acids is 1. The summed E-state index contributed by atoms with van der Waals surface area (Å²) in [6.07, 6.45) is 2.16. The Bertz CT molecular complexity index is 448. The van der Waals surface area contributed by atoms with Gasteiger partial charge in [-0.15, -0.1) is 0 Å². The Hall–Kier alpha value is -1.35. The van der Waals surface area contributed by atoms with Gasteiger partial charge in [-0.3, -0.25) is 9.69 Å². The molecule has 0 atom stereocenters. The minimum atomic E-state index is 0.186. The number of benzene rings is 1. The van der Waals surface area contributed by atoms with Crippen LogP contribution < -0.4 is 0 Å². The summed E-state index contributed by atoms with van der Waals surface area (Å²) < 4.78 is 0. The fourth-order valence-electron chi connectivity index (χ4n) is 2.77. The van der Waals surface area contributed by atoms with Crippen molar-refractivity contribution in [1.82, 2.24) is 9.80 Å². The number of hydrogen-bond acceptors (Lipinski definition) is 2. The molecule has 1 aliphatic rings. The molecule has 20 heavy (non-hydrogen) atoms. The van der Waals surface area contributed by atoms with E-state index >= 15 is 0 Å². The molecule has 1 aromatic rings. The maximum absolute atomic E-state index is 12.5. The van der Waals surface area contributed by atoms with Gasteiger partial charge in [0.15, 0.2) is 0 Å². The highest BCUT2D eigenvalue weighted by Crippen LogP contribution is 2.13. The lowest BCUT2D eigenvalue weighted by atomic mass is 10.1. The second kappa shape index (κ2) is 6.89. The first-order valence-corrected chi connectivity index (χ1v) is 7.74. The molecule has 0 spiro atoms. The van der Waals surface area contributed by atoms with Crippen LogP contribution in [0.15, 0.2) is 24.3 Å². The molecule has 1 aromatic carbocycles. The lowest BCUT2D eigenvalue weighted by Gasteiger charge is -2.37. The van der Waals surface area contributed by atoms with Crippen molar-refractivity contribution in [3.63, 3.8) is 0 Å². The van der Waals surface area contributed by atoms with Gasteiger partial charge >= 0.3 is 0 Å². The van der Waals surface area contributed by atoms with E-state index in [1.807, 2.05) is 17.0 Å². The highest BCUT2D eigenvalue weighted by atomic mass is 16.2. The Morgan fingerprint density at radius 3 is 2.50 bits per heavy atom. The third kappa shape index (κ3) is 3.60. The van der Waals surface area contributed by atoms with Crippen molar-refractivity contribution in [2.75, 3.05) is 26.2 Å². The van der Waals surface area contributed by atoms with E-state index in [4.69, 9.17) is 0 Å². The lowest BCUT2D eigenvalue weighted by molar-refractivity contribution is 0.0595. The fourth-order valence-corrected chi connectivity index (χ4v) is 2.77. The van der Waals surface area contributed by atoms with Crippen LogP contribution in [0, 0.1) is 0 Å². The molecule has 0 radical (unpaired) electrons. The molecule has 3 heteroatoms. The van der Waals surface area contributed by atoms with Gasteiger partial charge in [0.05, 0.1) is 0 Å². The van der Waals surface area contributed by atoms with Crippen LogP contribution in [0.2, 0.25) is 0 Å². The Morgan fingerprint density at radius 2 is 1.90 bits per heavy atom. The van der Waals surface area contributed by atoms with E-state index in [-0.39, 0.29) is 5.91 Å². The molecule has 1 heterocycles. The molecule has 0 aliphatic carbocycles. The third-order valence-corrected chi connectivity index (χ3v) is 4.04. The standard InChI is InChI=1S/C17H26N2O/c1-4-6-15-7-5-8-16(13-15)17(20)19-11-9-18(10-12-19)14(2)3/h5,7-8,13-14H,4,6,9-12H2,1-3H3. The summed E-state index contributed by atoms with van der Waals surface area (Å²) in [5.41, 5.74) is 2.10. The van der Waals surface area contributed by atoms with E-state index < -0.39 is 0 Å². The summed E-state index contributed by atoms with van der Waals surface area (Å²) in [5.74, 6) is 0.186. The van der Waals surface area contributed by atoms with E-state index in [0.29, 0.717) is 6.04 Å². The van der Waals surface area contributed by atoms with Crippen LogP contribution in [0.25, 0.3) is 0 Å². The molecule has 0 unspecified atom stereocenters. The van der Waals surface area contributed by atoms with Gasteiger partial charge in [0.25, 0.3) is 5.91 Å². The van der Waals surface area contributed by atoms with Crippen molar-refractivity contribution in [1.29, 1.82) is 0 Å². The first kappa shape index (κ1) is 15.0. The molecule has 3 nitrogen and oxygen atoms in total. The molecule has 1 aliphatic heterocycles. The van der Waals surface area contributed by atoms with Gasteiger partial charge in [-0.25, -0.2) is 0 Å². The van der Waals surface area contributed by atoms with Crippen LogP contribution in [0.4, 0.5) is 0 Å². The van der Waals surface area contributed by atoms with Gasteiger partial charge < -0.3 is 4.90 Å². The second-order valence-corrected chi connectivity index (χ2v) is 5.87. The van der Waals surface area contributed by atoms with Crippen LogP contribution in [0.1, 0.15) is 43.1 Å². The van der Waals surface area contributed by atoms with Crippen LogP contribution in [0.5, 0.6) is 0 Å². The maximum atomic E-state index is 12.5. The number of amides is 1. The lowest BCUT2D eigenvalue weighted by Crippen LogP contribution is -2.50. The molecule has 0 aromatic heterocycles. The van der Waals surface area contributed by atoms with E-state index in [9.17, 15) is 4.79 Å². The third-order valence-electron chi connectivity index (χ3n) is 4.04. The van der Waals surface area contributed by atoms with Gasteiger partial charge in [0.2, 0.25) is 0 Å². The second-order valence-electron chi connectivity index (χ2n) is 5.87. The topological polar surface area (TPSA) is 23.6 Å². The first-order valence-electron chi connectivity index (χ1n) is 7.74. The molecular weight excluding hydrogens is 248 g/mol. The minimum Gasteiger partial charge on any atom is -0.336 e. The van der Waals surface area contributed by atoms with Gasteiger partial charge in [-0.2, -0.15) is 0 Å². The van der Waals surface area contributed by atoms with Crippen molar-refractivity contribution in [2.24, 2.45) is 0 Å². The smallest absolute Gasteiger partial charge is 0.253 e. The van der Waals surface area contributed by atoms with Crippen LogP contribution in [0.3, 0.4) is 0 Å². The van der Waals surface area contributed by atoms with Crippen molar-refractivity contribution < 1.29 is 4.79 Å². The molecule has 0 N–H and O–H groups in total. The van der Waals surface area contributed by atoms with Crippen molar-refractivity contribution >= 4 is 5.91 Å². The SMILES string of the molecule is CCCc1cccc(C(=O)N2CCN(C(C)C)CC2)c1. The zero-order valence-corrected chi connectivity index (χ0v) is 12.9. The molecule has 110 valence electrons. The summed E-state index contributed by atoms with van der Waals surface area (Å²) in [6, 6.07) is 8.68. The van der Waals surface area contributed by atoms with E-state index in [1.165, 1.54) is 5.56 Å². The zero-order valence-electron chi connectivity index (χ0n) is 12.9. The quantitative estimate of drug-likeness (QED) is 0.843. The minimum absolute atomic E-state index is 0.186. The van der Waals surface area contributed by atoms with Crippen LogP contribution in [-0.2, 0) is 6.42 Å². The predicted octanol–water partition coefficient (Wildman–Crippen LogP) is 2.81. The number of hydrogen-bond donors (Lipinski definition) is 0. The number of nitrogens with zero attached hydrogens (tertiary/aromatic N) is 2. The summed E-state index contributed by atoms with van der Waals surface area (Å²) in [6.45, 7) is 10.2. The average molecular weight is 274 g/mol. The van der Waals surface area contributed by atoms with Gasteiger partial charge in [0, 0.05) is 37.8 Å². The van der Waals surface area contributed by atoms with E-state index in [0.717, 1.165) is 44.6 Å². The number of carbonyl (C=O) groups is 1. The average Bonchev–Trinajstić information content (AvgIpc) is 2.47. The van der Waals surface area contributed by atoms with Crippen LogP contribution in [-0.4, -0.2) is 47.9 Å². The highest BCUT2D eigenvalue weighted by Gasteiger charge is 2.23. The number of aryl methyl sites for hydroxylation is 1. The van der Waals surface area contributed by atoms with Gasteiger partial charge in [0.1, 0.15) is 0 Å². The molecular formula is C17H26N2O. The Balaban J connectivity index is 2.00. The number of rotatable bonds is 4. The molecule has 1 saturated heterocycles. The summed E-state index contributed by atoms with van der Waals surface area (Å²) >= 11 is 0. The highest BCUT2D eigenvalue weighted by molar-refractivity contribution is 5.94. The summed E-state index contributed by atoms with van der Waals surface area (Å²) in [7, 11) is 0. The predicted molar refractivity (Wildman–Crippen MR) is 83.0 cm³/mol. The van der Waals surface area contributed by atoms with Gasteiger partial charge in [-0.1, -0.05) is 25.5 Å². The molecule has 0 bridgehead atoms. The van der Waals surface area contributed by atoms with Crippen molar-refractivity contribution in [3.05, 3.63) is 35.4 Å².